The first-order chi connectivity index (χ1) is 15.6. The molecule has 0 radical (unpaired) electrons. The van der Waals surface area contributed by atoms with Crippen LogP contribution in [-0.2, 0) is 20.9 Å². The van der Waals surface area contributed by atoms with Gasteiger partial charge in [0.05, 0.1) is 25.6 Å². The third-order valence-corrected chi connectivity index (χ3v) is 6.83. The topological polar surface area (TPSA) is 82.2 Å². The number of nitrogens with one attached hydrogen (secondary N) is 1. The molecule has 1 aromatic rings. The second kappa shape index (κ2) is 10.3. The molecular weight excluding hydrogens is 408 g/mol. The van der Waals surface area contributed by atoms with Crippen molar-refractivity contribution in [3.05, 3.63) is 29.8 Å². The van der Waals surface area contributed by atoms with Crippen molar-refractivity contribution < 1.29 is 19.1 Å². The highest BCUT2D eigenvalue weighted by Gasteiger charge is 2.36. The number of ether oxygens (including phenoxy) is 1. The maximum absolute atomic E-state index is 13.1. The number of carbonyl (C=O) groups is 3. The number of hydrogen-bond donors (Lipinski definition) is 1. The van der Waals surface area contributed by atoms with Gasteiger partial charge in [-0.05, 0) is 25.8 Å². The van der Waals surface area contributed by atoms with E-state index in [-0.39, 0.29) is 30.7 Å². The molecule has 3 fully saturated rings. The van der Waals surface area contributed by atoms with Crippen LogP contribution in [0.3, 0.4) is 0 Å². The van der Waals surface area contributed by atoms with Gasteiger partial charge in [0.25, 0.3) is 0 Å². The third kappa shape index (κ3) is 5.06. The zero-order valence-corrected chi connectivity index (χ0v) is 18.9. The molecule has 1 aliphatic carbocycles. The van der Waals surface area contributed by atoms with Crippen molar-refractivity contribution in [2.75, 3.05) is 39.3 Å². The van der Waals surface area contributed by atoms with Crippen LogP contribution in [0, 0.1) is 0 Å². The van der Waals surface area contributed by atoms with Crippen LogP contribution >= 0.6 is 0 Å². The average Bonchev–Trinajstić information content (AvgIpc) is 3.32. The summed E-state index contributed by atoms with van der Waals surface area (Å²) in [5, 5.41) is 2.89. The summed E-state index contributed by atoms with van der Waals surface area (Å²) in [6.45, 7) is 5.53. The van der Waals surface area contributed by atoms with Crippen LogP contribution in [0.25, 0.3) is 0 Å². The largest absolute Gasteiger partial charge is 0.494 e. The van der Waals surface area contributed by atoms with Gasteiger partial charge >= 0.3 is 0 Å². The van der Waals surface area contributed by atoms with E-state index in [2.05, 4.69) is 5.32 Å². The van der Waals surface area contributed by atoms with Gasteiger partial charge in [-0.25, -0.2) is 0 Å². The van der Waals surface area contributed by atoms with Gasteiger partial charge in [0.1, 0.15) is 5.75 Å². The molecule has 8 nitrogen and oxygen atoms in total. The first-order valence-electron chi connectivity index (χ1n) is 11.9. The maximum Gasteiger partial charge on any atom is 0.242 e. The van der Waals surface area contributed by atoms with Gasteiger partial charge in [-0.15, -0.1) is 0 Å². The zero-order chi connectivity index (χ0) is 22.5. The minimum Gasteiger partial charge on any atom is -0.494 e. The molecule has 174 valence electrons. The first-order valence-corrected chi connectivity index (χ1v) is 11.9. The molecule has 2 aliphatic heterocycles. The molecule has 4 rings (SSSR count). The van der Waals surface area contributed by atoms with Crippen LogP contribution in [0.2, 0.25) is 0 Å². The van der Waals surface area contributed by atoms with Crippen molar-refractivity contribution in [1.82, 2.24) is 20.0 Å². The molecule has 3 aliphatic rings. The summed E-state index contributed by atoms with van der Waals surface area (Å²) in [7, 11) is 0. The molecule has 0 unspecified atom stereocenters. The SMILES string of the molecule is CCOc1ccccc1CN1CCNC(=O)[C@H]1CC(=O)N1CCN(C2CCCC2)C(=O)C1. The van der Waals surface area contributed by atoms with Crippen molar-refractivity contribution in [2.45, 2.75) is 57.7 Å². The van der Waals surface area contributed by atoms with E-state index in [1.54, 1.807) is 4.90 Å². The monoisotopic (exact) mass is 442 g/mol. The minimum atomic E-state index is -0.547. The Kier molecular flexibility index (Phi) is 7.29. The van der Waals surface area contributed by atoms with Gasteiger partial charge in [-0.3, -0.25) is 19.3 Å². The van der Waals surface area contributed by atoms with Crippen molar-refractivity contribution in [3.8, 4) is 5.75 Å². The van der Waals surface area contributed by atoms with E-state index in [1.807, 2.05) is 41.0 Å². The fourth-order valence-corrected chi connectivity index (χ4v) is 5.12. The van der Waals surface area contributed by atoms with E-state index in [0.717, 1.165) is 24.2 Å². The van der Waals surface area contributed by atoms with Gasteiger partial charge in [0, 0.05) is 44.3 Å². The second-order valence-electron chi connectivity index (χ2n) is 8.86. The Morgan fingerprint density at radius 1 is 1.12 bits per heavy atom. The maximum atomic E-state index is 13.1. The highest BCUT2D eigenvalue weighted by atomic mass is 16.5. The van der Waals surface area contributed by atoms with E-state index in [0.29, 0.717) is 45.4 Å². The molecule has 0 aromatic heterocycles. The number of piperazine rings is 2. The number of carbonyl (C=O) groups excluding carboxylic acids is 3. The smallest absolute Gasteiger partial charge is 0.242 e. The summed E-state index contributed by atoms with van der Waals surface area (Å²) >= 11 is 0. The number of nitrogens with zero attached hydrogens (tertiary/aromatic N) is 3. The molecule has 1 atom stereocenters. The molecule has 0 bridgehead atoms. The third-order valence-electron chi connectivity index (χ3n) is 6.83. The summed E-state index contributed by atoms with van der Waals surface area (Å²) in [5.41, 5.74) is 1.00. The average molecular weight is 443 g/mol. The molecule has 32 heavy (non-hydrogen) atoms. The van der Waals surface area contributed by atoms with Crippen molar-refractivity contribution in [1.29, 1.82) is 0 Å². The second-order valence-corrected chi connectivity index (χ2v) is 8.86. The highest BCUT2D eigenvalue weighted by molar-refractivity contribution is 5.91. The van der Waals surface area contributed by atoms with Crippen LogP contribution in [0.15, 0.2) is 24.3 Å². The summed E-state index contributed by atoms with van der Waals surface area (Å²) < 4.78 is 5.74. The quantitative estimate of drug-likeness (QED) is 0.690. The lowest BCUT2D eigenvalue weighted by Crippen LogP contribution is -2.58. The van der Waals surface area contributed by atoms with Crippen molar-refractivity contribution in [3.63, 3.8) is 0 Å². The van der Waals surface area contributed by atoms with Gasteiger partial charge < -0.3 is 19.9 Å². The van der Waals surface area contributed by atoms with Crippen LogP contribution in [-0.4, -0.2) is 83.8 Å². The summed E-state index contributed by atoms with van der Waals surface area (Å²) in [5.74, 6) is 0.579. The normalized spacial score (nSPS) is 22.8. The van der Waals surface area contributed by atoms with Crippen LogP contribution in [0.1, 0.15) is 44.6 Å². The lowest BCUT2D eigenvalue weighted by Gasteiger charge is -2.39. The lowest BCUT2D eigenvalue weighted by molar-refractivity contribution is -0.148. The fraction of sp³-hybridized carbons (Fsp3) is 0.625. The minimum absolute atomic E-state index is 0.0343. The number of hydrogen-bond acceptors (Lipinski definition) is 5. The van der Waals surface area contributed by atoms with Gasteiger partial charge in [-0.2, -0.15) is 0 Å². The van der Waals surface area contributed by atoms with E-state index in [4.69, 9.17) is 4.74 Å². The Morgan fingerprint density at radius 2 is 1.91 bits per heavy atom. The first kappa shape index (κ1) is 22.6. The molecular formula is C24H34N4O4. The Hall–Kier alpha value is -2.61. The number of rotatable bonds is 7. The van der Waals surface area contributed by atoms with Crippen LogP contribution in [0.5, 0.6) is 5.75 Å². The summed E-state index contributed by atoms with van der Waals surface area (Å²) in [6.07, 6.45) is 4.58. The Morgan fingerprint density at radius 3 is 2.66 bits per heavy atom. The predicted molar refractivity (Wildman–Crippen MR) is 120 cm³/mol. The molecule has 0 spiro atoms. The molecule has 3 amide bonds. The van der Waals surface area contributed by atoms with Crippen molar-refractivity contribution in [2.24, 2.45) is 0 Å². The predicted octanol–water partition coefficient (Wildman–Crippen LogP) is 1.39. The lowest BCUT2D eigenvalue weighted by atomic mass is 10.0. The van der Waals surface area contributed by atoms with Gasteiger partial charge in [0.15, 0.2) is 0 Å². The molecule has 2 saturated heterocycles. The number of amides is 3. The molecule has 1 N–H and O–H groups in total. The molecule has 2 heterocycles. The summed E-state index contributed by atoms with van der Waals surface area (Å²) in [4.78, 5) is 44.1. The summed E-state index contributed by atoms with van der Waals surface area (Å²) in [6, 6.07) is 7.60. The standard InChI is InChI=1S/C24H34N4O4/c1-2-32-21-10-6-3-7-18(21)16-26-12-11-25-24(31)20(26)15-22(29)27-13-14-28(23(30)17-27)19-8-4-5-9-19/h3,6-7,10,19-20H,2,4-5,8-9,11-17H2,1H3,(H,25,31)/t20-/m1/s1. The van der Waals surface area contributed by atoms with E-state index < -0.39 is 6.04 Å². The fourth-order valence-electron chi connectivity index (χ4n) is 5.12. The highest BCUT2D eigenvalue weighted by Crippen LogP contribution is 2.26. The van der Waals surface area contributed by atoms with Gasteiger partial charge in [0.2, 0.25) is 17.7 Å². The van der Waals surface area contributed by atoms with Crippen LogP contribution in [0.4, 0.5) is 0 Å². The van der Waals surface area contributed by atoms with E-state index in [9.17, 15) is 14.4 Å². The Bertz CT molecular complexity index is 839. The molecule has 1 saturated carbocycles. The Balaban J connectivity index is 1.39. The number of benzene rings is 1. The van der Waals surface area contributed by atoms with Crippen LogP contribution < -0.4 is 10.1 Å². The Labute approximate surface area is 189 Å². The molecule has 1 aromatic carbocycles. The van der Waals surface area contributed by atoms with E-state index >= 15 is 0 Å². The molecule has 8 heteroatoms. The van der Waals surface area contributed by atoms with E-state index in [1.165, 1.54) is 12.8 Å². The van der Waals surface area contributed by atoms with Crippen molar-refractivity contribution >= 4 is 17.7 Å². The zero-order valence-electron chi connectivity index (χ0n) is 18.9. The van der Waals surface area contributed by atoms with Gasteiger partial charge in [-0.1, -0.05) is 31.0 Å². The number of para-hydroxylation sites is 1.